The third-order valence-corrected chi connectivity index (χ3v) is 5.69. The Kier molecular flexibility index (Phi) is 6.60. The zero-order valence-corrected chi connectivity index (χ0v) is 16.6. The summed E-state index contributed by atoms with van der Waals surface area (Å²) in [4.78, 5) is 0. The fourth-order valence-corrected chi connectivity index (χ4v) is 4.28. The van der Waals surface area contributed by atoms with Gasteiger partial charge in [-0.15, -0.1) is 0 Å². The van der Waals surface area contributed by atoms with Crippen LogP contribution in [0.5, 0.6) is 11.5 Å². The smallest absolute Gasteiger partial charge is 0.122 e. The van der Waals surface area contributed by atoms with Gasteiger partial charge in [-0.25, -0.2) is 0 Å². The molecule has 1 saturated heterocycles. The van der Waals surface area contributed by atoms with E-state index in [-0.39, 0.29) is 36.5 Å². The Morgan fingerprint density at radius 2 is 1.39 bits per heavy atom. The summed E-state index contributed by atoms with van der Waals surface area (Å²) in [5.74, 6) is 0.355. The van der Waals surface area contributed by atoms with Crippen LogP contribution in [0.4, 0.5) is 0 Å². The predicted molar refractivity (Wildman–Crippen MR) is 108 cm³/mol. The van der Waals surface area contributed by atoms with Gasteiger partial charge in [-0.1, -0.05) is 24.3 Å². The zero-order chi connectivity index (χ0) is 20.3. The van der Waals surface area contributed by atoms with E-state index in [1.54, 1.807) is 0 Å². The summed E-state index contributed by atoms with van der Waals surface area (Å²) in [7, 11) is 0. The van der Waals surface area contributed by atoms with Crippen LogP contribution in [0, 0.1) is 19.8 Å². The number of aliphatic hydroxyl groups excluding tert-OH is 2. The SMILES string of the molecule is Cc1cc(CCO)cc(C(c2cc(CCO)cc(C)c2O)C2CCOC2)c1O. The summed E-state index contributed by atoms with van der Waals surface area (Å²) in [6.07, 6.45) is 1.87. The highest BCUT2D eigenvalue weighted by Crippen LogP contribution is 2.45. The summed E-state index contributed by atoms with van der Waals surface area (Å²) in [6.45, 7) is 5.02. The first-order valence-electron chi connectivity index (χ1n) is 9.90. The van der Waals surface area contributed by atoms with E-state index in [1.165, 1.54) is 0 Å². The Morgan fingerprint density at radius 1 is 0.893 bits per heavy atom. The second-order valence-corrected chi connectivity index (χ2v) is 7.75. The van der Waals surface area contributed by atoms with Crippen LogP contribution in [0.3, 0.4) is 0 Å². The molecule has 0 amide bonds. The van der Waals surface area contributed by atoms with E-state index in [1.807, 2.05) is 38.1 Å². The van der Waals surface area contributed by atoms with Gasteiger partial charge in [0.2, 0.25) is 0 Å². The zero-order valence-electron chi connectivity index (χ0n) is 16.6. The molecule has 1 unspecified atom stereocenters. The van der Waals surface area contributed by atoms with Crippen molar-refractivity contribution in [2.75, 3.05) is 26.4 Å². The molecule has 152 valence electrons. The standard InChI is InChI=1S/C23H30O5/c1-14-9-16(3-6-24)11-19(22(14)26)21(18-5-8-28-13-18)20-12-17(4-7-25)10-15(2)23(20)27/h9-12,18,21,24-27H,3-8,13H2,1-2H3. The van der Waals surface area contributed by atoms with Gasteiger partial charge in [0.25, 0.3) is 0 Å². The molecule has 5 nitrogen and oxygen atoms in total. The van der Waals surface area contributed by atoms with Crippen LogP contribution in [0.2, 0.25) is 0 Å². The molecule has 1 aliphatic rings. The average molecular weight is 386 g/mol. The molecule has 1 heterocycles. The van der Waals surface area contributed by atoms with Crippen LogP contribution in [0.1, 0.15) is 45.7 Å². The van der Waals surface area contributed by atoms with Crippen molar-refractivity contribution in [1.82, 2.24) is 0 Å². The number of hydrogen-bond acceptors (Lipinski definition) is 5. The highest BCUT2D eigenvalue weighted by Gasteiger charge is 2.33. The first-order chi connectivity index (χ1) is 13.5. The molecule has 2 aromatic carbocycles. The first-order valence-corrected chi connectivity index (χ1v) is 9.90. The van der Waals surface area contributed by atoms with Crippen molar-refractivity contribution >= 4 is 0 Å². The summed E-state index contributed by atoms with van der Waals surface area (Å²) in [5.41, 5.74) is 4.95. The fraction of sp³-hybridized carbons (Fsp3) is 0.478. The van der Waals surface area contributed by atoms with Crippen LogP contribution in [0.15, 0.2) is 24.3 Å². The molecule has 0 aromatic heterocycles. The maximum atomic E-state index is 10.9. The van der Waals surface area contributed by atoms with Crippen molar-refractivity contribution in [3.8, 4) is 11.5 Å². The highest BCUT2D eigenvalue weighted by atomic mass is 16.5. The molecule has 2 aromatic rings. The Hall–Kier alpha value is -2.08. The van der Waals surface area contributed by atoms with Gasteiger partial charge in [0.05, 0.1) is 6.61 Å². The number of phenolic OH excluding ortho intramolecular Hbond substituents is 2. The molecule has 1 atom stereocenters. The second kappa shape index (κ2) is 8.95. The number of ether oxygens (including phenoxy) is 1. The molecule has 4 N–H and O–H groups in total. The minimum absolute atomic E-state index is 0.0389. The van der Waals surface area contributed by atoms with Crippen LogP contribution in [-0.4, -0.2) is 46.9 Å². The Bertz CT molecular complexity index is 763. The molecule has 0 spiro atoms. The van der Waals surface area contributed by atoms with E-state index in [0.717, 1.165) is 39.8 Å². The Balaban J connectivity index is 2.19. The molecule has 0 radical (unpaired) electrons. The maximum Gasteiger partial charge on any atom is 0.122 e. The average Bonchev–Trinajstić information content (AvgIpc) is 3.18. The number of benzene rings is 2. The lowest BCUT2D eigenvalue weighted by Gasteiger charge is -2.27. The molecule has 0 aliphatic carbocycles. The van der Waals surface area contributed by atoms with Crippen molar-refractivity contribution < 1.29 is 25.2 Å². The minimum Gasteiger partial charge on any atom is -0.507 e. The molecule has 0 saturated carbocycles. The van der Waals surface area contributed by atoms with Gasteiger partial charge in [0, 0.05) is 36.9 Å². The van der Waals surface area contributed by atoms with Crippen molar-refractivity contribution in [3.05, 3.63) is 57.6 Å². The molecular formula is C23H30O5. The Labute approximate surface area is 166 Å². The van der Waals surface area contributed by atoms with Crippen molar-refractivity contribution in [3.63, 3.8) is 0 Å². The number of hydrogen-bond donors (Lipinski definition) is 4. The van der Waals surface area contributed by atoms with Gasteiger partial charge in [-0.3, -0.25) is 0 Å². The lowest BCUT2D eigenvalue weighted by molar-refractivity contribution is 0.182. The van der Waals surface area contributed by atoms with Crippen LogP contribution >= 0.6 is 0 Å². The summed E-state index contributed by atoms with van der Waals surface area (Å²) in [6, 6.07) is 7.67. The quantitative estimate of drug-likeness (QED) is 0.587. The summed E-state index contributed by atoms with van der Waals surface area (Å²) >= 11 is 0. The molecule has 1 fully saturated rings. The van der Waals surface area contributed by atoms with Gasteiger partial charge >= 0.3 is 0 Å². The maximum absolute atomic E-state index is 10.9. The third-order valence-electron chi connectivity index (χ3n) is 5.69. The van der Waals surface area contributed by atoms with E-state index >= 15 is 0 Å². The predicted octanol–water partition coefficient (Wildman–Crippen LogP) is 2.95. The normalized spacial score (nSPS) is 16.8. The summed E-state index contributed by atoms with van der Waals surface area (Å²) in [5, 5.41) is 40.5. The van der Waals surface area contributed by atoms with Crippen LogP contribution < -0.4 is 0 Å². The molecule has 5 heteroatoms. The lowest BCUT2D eigenvalue weighted by atomic mass is 9.77. The van der Waals surface area contributed by atoms with Crippen molar-refractivity contribution in [2.24, 2.45) is 5.92 Å². The number of aryl methyl sites for hydroxylation is 2. The Morgan fingerprint density at radius 3 is 1.79 bits per heavy atom. The lowest BCUT2D eigenvalue weighted by Crippen LogP contribution is -2.17. The second-order valence-electron chi connectivity index (χ2n) is 7.75. The number of rotatable bonds is 7. The van der Waals surface area contributed by atoms with Gasteiger partial charge in [0.1, 0.15) is 11.5 Å². The third kappa shape index (κ3) is 4.17. The number of aliphatic hydroxyl groups is 2. The van der Waals surface area contributed by atoms with E-state index < -0.39 is 0 Å². The van der Waals surface area contributed by atoms with Crippen molar-refractivity contribution in [1.29, 1.82) is 0 Å². The van der Waals surface area contributed by atoms with Crippen LogP contribution in [-0.2, 0) is 17.6 Å². The van der Waals surface area contributed by atoms with Crippen LogP contribution in [0.25, 0.3) is 0 Å². The minimum atomic E-state index is -0.225. The van der Waals surface area contributed by atoms with Gasteiger partial charge in [-0.05, 0) is 61.3 Å². The fourth-order valence-electron chi connectivity index (χ4n) is 4.28. The van der Waals surface area contributed by atoms with E-state index in [4.69, 9.17) is 4.74 Å². The number of aromatic hydroxyl groups is 2. The molecule has 1 aliphatic heterocycles. The monoisotopic (exact) mass is 386 g/mol. The van der Waals surface area contributed by atoms with E-state index in [2.05, 4.69) is 0 Å². The largest absolute Gasteiger partial charge is 0.507 e. The molecular weight excluding hydrogens is 356 g/mol. The summed E-state index contributed by atoms with van der Waals surface area (Å²) < 4.78 is 5.63. The number of phenols is 2. The van der Waals surface area contributed by atoms with Crippen molar-refractivity contribution in [2.45, 2.75) is 39.0 Å². The van der Waals surface area contributed by atoms with Gasteiger partial charge in [-0.2, -0.15) is 0 Å². The van der Waals surface area contributed by atoms with E-state index in [0.29, 0.717) is 26.1 Å². The van der Waals surface area contributed by atoms with Gasteiger partial charge in [0.15, 0.2) is 0 Å². The first kappa shape index (κ1) is 20.6. The molecule has 3 rings (SSSR count). The van der Waals surface area contributed by atoms with E-state index in [9.17, 15) is 20.4 Å². The topological polar surface area (TPSA) is 90.2 Å². The highest BCUT2D eigenvalue weighted by molar-refractivity contribution is 5.54. The molecule has 28 heavy (non-hydrogen) atoms. The van der Waals surface area contributed by atoms with Gasteiger partial charge < -0.3 is 25.2 Å². The molecule has 0 bridgehead atoms.